The van der Waals surface area contributed by atoms with Crippen LogP contribution in [0.2, 0.25) is 0 Å². The molecule has 1 fully saturated rings. The first-order chi connectivity index (χ1) is 16.4. The number of nitrogens with zero attached hydrogens (tertiary/aromatic N) is 3. The summed E-state index contributed by atoms with van der Waals surface area (Å²) in [4.78, 5) is 11.4. The summed E-state index contributed by atoms with van der Waals surface area (Å²) in [6.45, 7) is -2.84. The van der Waals surface area contributed by atoms with E-state index in [-0.39, 0.29) is 17.8 Å². The molecule has 2 aromatic carbocycles. The van der Waals surface area contributed by atoms with E-state index in [0.717, 1.165) is 42.4 Å². The summed E-state index contributed by atoms with van der Waals surface area (Å²) in [5, 5.41) is 11.5. The topological polar surface area (TPSA) is 74.3 Å². The van der Waals surface area contributed by atoms with Gasteiger partial charge in [-0.05, 0) is 74.3 Å². The zero-order valence-electron chi connectivity index (χ0n) is 19.1. The van der Waals surface area contributed by atoms with E-state index in [4.69, 9.17) is 22.2 Å². The van der Waals surface area contributed by atoms with Crippen LogP contribution in [0.4, 0.5) is 26.2 Å². The van der Waals surface area contributed by atoms with Crippen LogP contribution in [0.15, 0.2) is 48.5 Å². The number of halogens is 2. The molecule has 0 spiro atoms. The summed E-state index contributed by atoms with van der Waals surface area (Å²) in [5.74, 6) is 1.65. The molecule has 0 atom stereocenters. The molecule has 1 heterocycles. The SMILES string of the molecule is CN(C)c1nc(N[C@H]2CC[C@@H](NC(=S)Nc3ccc(OC(F)F)cc3)CC2)nc2ccccc12. The monoisotopic (exact) mass is 486 g/mol. The second-order valence-electron chi connectivity index (χ2n) is 8.48. The van der Waals surface area contributed by atoms with Crippen molar-refractivity contribution in [3.63, 3.8) is 0 Å². The van der Waals surface area contributed by atoms with Crippen LogP contribution in [0, 0.1) is 0 Å². The fraction of sp³-hybridized carbons (Fsp3) is 0.375. The highest BCUT2D eigenvalue weighted by molar-refractivity contribution is 7.80. The van der Waals surface area contributed by atoms with Gasteiger partial charge in [0.25, 0.3) is 0 Å². The summed E-state index contributed by atoms with van der Waals surface area (Å²) in [6.07, 6.45) is 3.84. The van der Waals surface area contributed by atoms with Crippen molar-refractivity contribution in [2.45, 2.75) is 44.4 Å². The summed E-state index contributed by atoms with van der Waals surface area (Å²) >= 11 is 5.42. The first-order valence-corrected chi connectivity index (χ1v) is 11.6. The molecule has 180 valence electrons. The highest BCUT2D eigenvalue weighted by atomic mass is 32.1. The van der Waals surface area contributed by atoms with Crippen LogP contribution in [-0.4, -0.2) is 47.9 Å². The summed E-state index contributed by atoms with van der Waals surface area (Å²) < 4.78 is 28.9. The van der Waals surface area contributed by atoms with Crippen LogP contribution < -0.4 is 25.6 Å². The Morgan fingerprint density at radius 2 is 1.68 bits per heavy atom. The van der Waals surface area contributed by atoms with E-state index in [0.29, 0.717) is 16.7 Å². The van der Waals surface area contributed by atoms with Crippen molar-refractivity contribution in [2.24, 2.45) is 0 Å². The third kappa shape index (κ3) is 6.19. The van der Waals surface area contributed by atoms with Gasteiger partial charge >= 0.3 is 6.61 Å². The summed E-state index contributed by atoms with van der Waals surface area (Å²) in [5.41, 5.74) is 1.63. The normalized spacial score (nSPS) is 17.9. The quantitative estimate of drug-likeness (QED) is 0.403. The average Bonchev–Trinajstić information content (AvgIpc) is 2.80. The smallest absolute Gasteiger partial charge is 0.387 e. The molecule has 1 aliphatic carbocycles. The second-order valence-corrected chi connectivity index (χ2v) is 8.88. The molecule has 10 heteroatoms. The fourth-order valence-electron chi connectivity index (χ4n) is 4.10. The maximum atomic E-state index is 12.3. The Morgan fingerprint density at radius 1 is 1.00 bits per heavy atom. The van der Waals surface area contributed by atoms with Crippen LogP contribution in [0.25, 0.3) is 10.9 Å². The number of anilines is 3. The molecular formula is C24H28F2N6OS. The van der Waals surface area contributed by atoms with Crippen LogP contribution >= 0.6 is 12.2 Å². The molecule has 3 N–H and O–H groups in total. The molecule has 3 aromatic rings. The molecule has 0 saturated heterocycles. The minimum atomic E-state index is -2.84. The van der Waals surface area contributed by atoms with E-state index in [1.807, 2.05) is 43.3 Å². The maximum Gasteiger partial charge on any atom is 0.387 e. The number of ether oxygens (including phenoxy) is 1. The highest BCUT2D eigenvalue weighted by Crippen LogP contribution is 2.26. The Morgan fingerprint density at radius 3 is 2.35 bits per heavy atom. The Hall–Kier alpha value is -3.27. The average molecular weight is 487 g/mol. The van der Waals surface area contributed by atoms with E-state index < -0.39 is 6.61 Å². The number of alkyl halides is 2. The van der Waals surface area contributed by atoms with E-state index in [1.165, 1.54) is 12.1 Å². The third-order valence-electron chi connectivity index (χ3n) is 5.74. The molecule has 0 radical (unpaired) electrons. The molecule has 34 heavy (non-hydrogen) atoms. The molecule has 1 aromatic heterocycles. The molecular weight excluding hydrogens is 458 g/mol. The molecule has 0 unspecified atom stereocenters. The molecule has 1 saturated carbocycles. The molecule has 0 aliphatic heterocycles. The van der Waals surface area contributed by atoms with Gasteiger partial charge in [0, 0.05) is 37.3 Å². The standard InChI is InChI=1S/C24H28F2N6OS/c1-32(2)21-19-5-3-4-6-20(19)30-23(31-21)27-15-7-9-16(10-8-15)28-24(34)29-17-11-13-18(14-12-17)33-22(25)26/h3-6,11-16,22H,7-10H2,1-2H3,(H,27,30,31)(H2,28,29,34)/t15-,16+. The number of hydrogen-bond donors (Lipinski definition) is 3. The van der Waals surface area contributed by atoms with Gasteiger partial charge in [0.1, 0.15) is 11.6 Å². The first kappa shape index (κ1) is 23.9. The molecule has 7 nitrogen and oxygen atoms in total. The lowest BCUT2D eigenvalue weighted by atomic mass is 9.91. The zero-order chi connectivity index (χ0) is 24.1. The van der Waals surface area contributed by atoms with Crippen LogP contribution in [0.3, 0.4) is 0 Å². The minimum absolute atomic E-state index is 0.110. The minimum Gasteiger partial charge on any atom is -0.435 e. The number of fused-ring (bicyclic) bond motifs is 1. The Kier molecular flexibility index (Phi) is 7.56. The van der Waals surface area contributed by atoms with Crippen LogP contribution in [0.5, 0.6) is 5.75 Å². The van der Waals surface area contributed by atoms with E-state index >= 15 is 0 Å². The molecule has 0 bridgehead atoms. The molecule has 1 aliphatic rings. The van der Waals surface area contributed by atoms with Gasteiger partial charge in [-0.15, -0.1) is 0 Å². The van der Waals surface area contributed by atoms with Crippen molar-refractivity contribution in [3.05, 3.63) is 48.5 Å². The number of benzene rings is 2. The number of aromatic nitrogens is 2. The largest absolute Gasteiger partial charge is 0.435 e. The van der Waals surface area contributed by atoms with Gasteiger partial charge in [-0.1, -0.05) is 12.1 Å². The van der Waals surface area contributed by atoms with Crippen molar-refractivity contribution >= 4 is 45.7 Å². The second kappa shape index (κ2) is 10.8. The van der Waals surface area contributed by atoms with Crippen molar-refractivity contribution < 1.29 is 13.5 Å². The van der Waals surface area contributed by atoms with E-state index in [2.05, 4.69) is 20.7 Å². The van der Waals surface area contributed by atoms with E-state index in [9.17, 15) is 8.78 Å². The van der Waals surface area contributed by atoms with Gasteiger partial charge in [-0.3, -0.25) is 0 Å². The van der Waals surface area contributed by atoms with Crippen molar-refractivity contribution in [2.75, 3.05) is 29.6 Å². The third-order valence-corrected chi connectivity index (χ3v) is 5.96. The number of thiocarbonyl (C=S) groups is 1. The zero-order valence-corrected chi connectivity index (χ0v) is 19.9. The summed E-state index contributed by atoms with van der Waals surface area (Å²) in [7, 11) is 3.97. The predicted octanol–water partition coefficient (Wildman–Crippen LogP) is 5.01. The van der Waals surface area contributed by atoms with Gasteiger partial charge in [-0.2, -0.15) is 13.8 Å². The number of para-hydroxylation sites is 1. The van der Waals surface area contributed by atoms with E-state index in [1.54, 1.807) is 12.1 Å². The fourth-order valence-corrected chi connectivity index (χ4v) is 4.39. The van der Waals surface area contributed by atoms with Crippen LogP contribution in [-0.2, 0) is 0 Å². The van der Waals surface area contributed by atoms with Crippen molar-refractivity contribution in [1.82, 2.24) is 15.3 Å². The summed E-state index contributed by atoms with van der Waals surface area (Å²) in [6, 6.07) is 14.8. The van der Waals surface area contributed by atoms with Gasteiger partial charge in [-0.25, -0.2) is 4.98 Å². The molecule has 0 amide bonds. The lowest BCUT2D eigenvalue weighted by Gasteiger charge is -2.30. The maximum absolute atomic E-state index is 12.3. The number of nitrogens with one attached hydrogen (secondary N) is 3. The first-order valence-electron chi connectivity index (χ1n) is 11.2. The lowest BCUT2D eigenvalue weighted by molar-refractivity contribution is -0.0498. The Balaban J connectivity index is 1.28. The van der Waals surface area contributed by atoms with Gasteiger partial charge < -0.3 is 25.6 Å². The van der Waals surface area contributed by atoms with Crippen molar-refractivity contribution in [1.29, 1.82) is 0 Å². The Labute approximate surface area is 202 Å². The van der Waals surface area contributed by atoms with Crippen molar-refractivity contribution in [3.8, 4) is 5.75 Å². The predicted molar refractivity (Wildman–Crippen MR) is 136 cm³/mol. The number of rotatable bonds is 7. The molecule has 4 rings (SSSR count). The van der Waals surface area contributed by atoms with Crippen LogP contribution in [0.1, 0.15) is 25.7 Å². The Bertz CT molecular complexity index is 1120. The lowest BCUT2D eigenvalue weighted by Crippen LogP contribution is -2.42. The van der Waals surface area contributed by atoms with Gasteiger partial charge in [0.2, 0.25) is 5.95 Å². The highest BCUT2D eigenvalue weighted by Gasteiger charge is 2.23. The number of hydrogen-bond acceptors (Lipinski definition) is 6. The van der Waals surface area contributed by atoms with Gasteiger partial charge in [0.15, 0.2) is 5.11 Å². The van der Waals surface area contributed by atoms with Gasteiger partial charge in [0.05, 0.1) is 5.52 Å².